The minimum atomic E-state index is 0.793. The number of hydrogen-bond acceptors (Lipinski definition) is 3. The predicted molar refractivity (Wildman–Crippen MR) is 68.8 cm³/mol. The van der Waals surface area contributed by atoms with Crippen molar-refractivity contribution in [2.75, 3.05) is 31.7 Å². The van der Waals surface area contributed by atoms with E-state index < -0.39 is 0 Å². The molecule has 0 aliphatic heterocycles. The van der Waals surface area contributed by atoms with Crippen molar-refractivity contribution in [3.8, 4) is 0 Å². The van der Waals surface area contributed by atoms with Gasteiger partial charge in [0.05, 0.1) is 16.8 Å². The fraction of sp³-hybridized carbons (Fsp3) is 0.583. The third-order valence-corrected chi connectivity index (χ3v) is 3.39. The van der Waals surface area contributed by atoms with Crippen LogP contribution in [0, 0.1) is 5.92 Å². The minimum Gasteiger partial charge on any atom is -0.379 e. The predicted octanol–water partition coefficient (Wildman–Crippen LogP) is 2.71. The molecule has 0 bridgehead atoms. The van der Waals surface area contributed by atoms with E-state index in [-0.39, 0.29) is 0 Å². The molecule has 0 aromatic carbocycles. The van der Waals surface area contributed by atoms with Crippen LogP contribution in [0.15, 0.2) is 22.9 Å². The van der Waals surface area contributed by atoms with E-state index >= 15 is 0 Å². The van der Waals surface area contributed by atoms with Gasteiger partial charge < -0.3 is 9.64 Å². The van der Waals surface area contributed by atoms with E-state index in [1.54, 1.807) is 0 Å². The highest BCUT2D eigenvalue weighted by molar-refractivity contribution is 9.10. The van der Waals surface area contributed by atoms with Crippen molar-refractivity contribution in [1.82, 2.24) is 4.98 Å². The van der Waals surface area contributed by atoms with Crippen molar-refractivity contribution in [3.05, 3.63) is 22.9 Å². The number of anilines is 1. The largest absolute Gasteiger partial charge is 0.379 e. The van der Waals surface area contributed by atoms with Crippen molar-refractivity contribution in [1.29, 1.82) is 0 Å². The molecule has 0 N–H and O–H groups in total. The summed E-state index contributed by atoms with van der Waals surface area (Å²) in [6, 6.07) is 2.00. The maximum atomic E-state index is 5.62. The molecule has 1 saturated carbocycles. The van der Waals surface area contributed by atoms with Crippen LogP contribution in [0.5, 0.6) is 0 Å². The highest BCUT2D eigenvalue weighted by Gasteiger charge is 2.20. The van der Waals surface area contributed by atoms with Gasteiger partial charge in [0.1, 0.15) is 0 Å². The van der Waals surface area contributed by atoms with Crippen molar-refractivity contribution >= 4 is 21.6 Å². The van der Waals surface area contributed by atoms with Gasteiger partial charge in [0, 0.05) is 32.6 Å². The third kappa shape index (κ3) is 3.46. The van der Waals surface area contributed by atoms with E-state index in [2.05, 4.69) is 32.9 Å². The van der Waals surface area contributed by atoms with Gasteiger partial charge in [0.15, 0.2) is 0 Å². The van der Waals surface area contributed by atoms with Crippen molar-refractivity contribution in [2.45, 2.75) is 12.8 Å². The summed E-state index contributed by atoms with van der Waals surface area (Å²) < 4.78 is 6.64. The summed E-state index contributed by atoms with van der Waals surface area (Å²) >= 11 is 3.49. The lowest BCUT2D eigenvalue weighted by molar-refractivity contribution is 0.131. The summed E-state index contributed by atoms with van der Waals surface area (Å²) in [5, 5.41) is 0. The molecule has 0 amide bonds. The van der Waals surface area contributed by atoms with Crippen molar-refractivity contribution < 1.29 is 4.74 Å². The van der Waals surface area contributed by atoms with Gasteiger partial charge in [-0.15, -0.1) is 0 Å². The summed E-state index contributed by atoms with van der Waals surface area (Å²) in [4.78, 5) is 6.23. The maximum Gasteiger partial charge on any atom is 0.0641 e. The van der Waals surface area contributed by atoms with Gasteiger partial charge >= 0.3 is 0 Å². The number of pyridine rings is 1. The molecule has 1 aliphatic rings. The molecule has 0 atom stereocenters. The second-order valence-electron chi connectivity index (χ2n) is 4.27. The van der Waals surface area contributed by atoms with E-state index in [1.807, 2.05) is 18.5 Å². The molecule has 1 aromatic heterocycles. The first-order chi connectivity index (χ1) is 7.77. The average Bonchev–Trinajstić information content (AvgIpc) is 3.08. The Morgan fingerprint density at radius 3 is 3.06 bits per heavy atom. The zero-order chi connectivity index (χ0) is 11.4. The molecule has 16 heavy (non-hydrogen) atoms. The monoisotopic (exact) mass is 284 g/mol. The Labute approximate surface area is 105 Å². The number of aromatic nitrogens is 1. The zero-order valence-corrected chi connectivity index (χ0v) is 11.1. The van der Waals surface area contributed by atoms with Crippen LogP contribution in [0.1, 0.15) is 12.8 Å². The Morgan fingerprint density at radius 2 is 2.38 bits per heavy atom. The molecule has 88 valence electrons. The SMILES string of the molecule is CN(CCOCC1CC1)c1ccncc1Br. The maximum absolute atomic E-state index is 5.62. The lowest BCUT2D eigenvalue weighted by Gasteiger charge is -2.20. The number of ether oxygens (including phenoxy) is 1. The molecule has 0 saturated heterocycles. The molecule has 3 nitrogen and oxygen atoms in total. The van der Waals surface area contributed by atoms with Crippen LogP contribution < -0.4 is 4.90 Å². The van der Waals surface area contributed by atoms with E-state index in [1.165, 1.54) is 12.8 Å². The van der Waals surface area contributed by atoms with E-state index in [0.29, 0.717) is 0 Å². The molecule has 1 fully saturated rings. The summed E-state index contributed by atoms with van der Waals surface area (Å²) in [5.74, 6) is 0.845. The Kier molecular flexibility index (Phi) is 4.18. The lowest BCUT2D eigenvalue weighted by atomic mass is 10.3. The number of rotatable bonds is 6. The molecular formula is C12H17BrN2O. The highest BCUT2D eigenvalue weighted by atomic mass is 79.9. The van der Waals surface area contributed by atoms with Crippen LogP contribution in [0.25, 0.3) is 0 Å². The smallest absolute Gasteiger partial charge is 0.0641 e. The molecule has 0 unspecified atom stereocenters. The van der Waals surface area contributed by atoms with E-state index in [9.17, 15) is 0 Å². The summed E-state index contributed by atoms with van der Waals surface area (Å²) in [5.41, 5.74) is 1.16. The zero-order valence-electron chi connectivity index (χ0n) is 9.53. The molecule has 1 heterocycles. The quantitative estimate of drug-likeness (QED) is 0.751. The van der Waals surface area contributed by atoms with Gasteiger partial charge in [-0.05, 0) is 40.8 Å². The second kappa shape index (κ2) is 5.64. The van der Waals surface area contributed by atoms with Gasteiger partial charge in [-0.1, -0.05) is 0 Å². The van der Waals surface area contributed by atoms with Crippen LogP contribution in [0.4, 0.5) is 5.69 Å². The highest BCUT2D eigenvalue weighted by Crippen LogP contribution is 2.28. The molecular weight excluding hydrogens is 268 g/mol. The average molecular weight is 285 g/mol. The first-order valence-electron chi connectivity index (χ1n) is 5.66. The van der Waals surface area contributed by atoms with Crippen LogP contribution >= 0.6 is 15.9 Å². The number of halogens is 1. The Morgan fingerprint density at radius 1 is 1.56 bits per heavy atom. The third-order valence-electron chi connectivity index (χ3n) is 2.78. The summed E-state index contributed by atoms with van der Waals surface area (Å²) in [7, 11) is 2.07. The molecule has 1 aliphatic carbocycles. The lowest BCUT2D eigenvalue weighted by Crippen LogP contribution is -2.23. The van der Waals surface area contributed by atoms with Crippen LogP contribution in [-0.4, -0.2) is 31.8 Å². The van der Waals surface area contributed by atoms with Crippen LogP contribution in [-0.2, 0) is 4.74 Å². The van der Waals surface area contributed by atoms with Gasteiger partial charge in [0.2, 0.25) is 0 Å². The molecule has 0 radical (unpaired) electrons. The Hall–Kier alpha value is -0.610. The second-order valence-corrected chi connectivity index (χ2v) is 5.12. The van der Waals surface area contributed by atoms with Gasteiger partial charge in [-0.2, -0.15) is 0 Å². The number of hydrogen-bond donors (Lipinski definition) is 0. The fourth-order valence-electron chi connectivity index (χ4n) is 1.53. The first kappa shape index (κ1) is 11.9. The van der Waals surface area contributed by atoms with Crippen molar-refractivity contribution in [2.24, 2.45) is 5.92 Å². The Bertz CT molecular complexity index is 342. The van der Waals surface area contributed by atoms with Crippen LogP contribution in [0.2, 0.25) is 0 Å². The fourth-order valence-corrected chi connectivity index (χ4v) is 2.09. The van der Waals surface area contributed by atoms with Gasteiger partial charge in [-0.25, -0.2) is 0 Å². The van der Waals surface area contributed by atoms with Gasteiger partial charge in [-0.3, -0.25) is 4.98 Å². The van der Waals surface area contributed by atoms with Crippen LogP contribution in [0.3, 0.4) is 0 Å². The van der Waals surface area contributed by atoms with Crippen molar-refractivity contribution in [3.63, 3.8) is 0 Å². The Balaban J connectivity index is 1.73. The molecule has 0 spiro atoms. The molecule has 2 rings (SSSR count). The molecule has 1 aromatic rings. The van der Waals surface area contributed by atoms with Gasteiger partial charge in [0.25, 0.3) is 0 Å². The van der Waals surface area contributed by atoms with E-state index in [0.717, 1.165) is 35.8 Å². The summed E-state index contributed by atoms with van der Waals surface area (Å²) in [6.45, 7) is 2.64. The topological polar surface area (TPSA) is 25.4 Å². The normalized spacial score (nSPS) is 15.1. The number of nitrogens with zero attached hydrogens (tertiary/aromatic N) is 2. The number of likely N-dealkylation sites (N-methyl/N-ethyl adjacent to an activating group) is 1. The standard InChI is InChI=1S/C12H17BrN2O/c1-15(6-7-16-9-10-2-3-10)12-4-5-14-8-11(12)13/h4-5,8,10H,2-3,6-7,9H2,1H3. The minimum absolute atomic E-state index is 0.793. The first-order valence-corrected chi connectivity index (χ1v) is 6.45. The van der Waals surface area contributed by atoms with E-state index in [4.69, 9.17) is 4.74 Å². The molecule has 4 heteroatoms. The summed E-state index contributed by atoms with van der Waals surface area (Å²) in [6.07, 6.45) is 6.33.